The van der Waals surface area contributed by atoms with Crippen LogP contribution in [0.25, 0.3) is 0 Å². The molecule has 0 aliphatic rings. The average Bonchev–Trinajstić information content (AvgIpc) is 1.67. The molecule has 0 saturated carbocycles. The second-order valence-electron chi connectivity index (χ2n) is 2.55. The van der Waals surface area contributed by atoms with E-state index in [2.05, 4.69) is 20.8 Å². The first-order valence-corrected chi connectivity index (χ1v) is 3.26. The summed E-state index contributed by atoms with van der Waals surface area (Å²) in [7, 11) is 2.03. The van der Waals surface area contributed by atoms with Gasteiger partial charge in [0.25, 0.3) is 0 Å². The zero-order valence-electron chi connectivity index (χ0n) is 6.32. The normalized spacial score (nSPS) is 11.9. The van der Waals surface area contributed by atoms with Crippen LogP contribution in [0.2, 0.25) is 0 Å². The maximum atomic E-state index is 5.38. The first kappa shape index (κ1) is 8.02. The Kier molecular flexibility index (Phi) is 3.14. The predicted octanol–water partition coefficient (Wildman–Crippen LogP) is 0.782. The first-order valence-electron chi connectivity index (χ1n) is 3.26. The van der Waals surface area contributed by atoms with Gasteiger partial charge in [-0.05, 0) is 20.3 Å². The summed E-state index contributed by atoms with van der Waals surface area (Å²) >= 11 is 0. The van der Waals surface area contributed by atoms with Gasteiger partial charge in [0.1, 0.15) is 7.85 Å². The van der Waals surface area contributed by atoms with Crippen molar-refractivity contribution < 1.29 is 4.74 Å². The van der Waals surface area contributed by atoms with Crippen molar-refractivity contribution in [2.75, 3.05) is 6.51 Å². The van der Waals surface area contributed by atoms with Gasteiger partial charge in [-0.15, -0.1) is 0 Å². The second kappa shape index (κ2) is 3.13. The SMILES string of the molecule is BCOC(C)(C)CC. The van der Waals surface area contributed by atoms with Crippen LogP contribution in [0.5, 0.6) is 0 Å². The van der Waals surface area contributed by atoms with E-state index >= 15 is 0 Å². The van der Waals surface area contributed by atoms with Gasteiger partial charge < -0.3 is 4.74 Å². The molecule has 0 radical (unpaired) electrons. The molecule has 0 fully saturated rings. The quantitative estimate of drug-likeness (QED) is 0.492. The maximum Gasteiger partial charge on any atom is 0.135 e. The highest BCUT2D eigenvalue weighted by Gasteiger charge is 2.12. The molecule has 0 bridgehead atoms. The molecular formula is C6H15BO. The van der Waals surface area contributed by atoms with Crippen LogP contribution in [0.15, 0.2) is 0 Å². The highest BCUT2D eigenvalue weighted by atomic mass is 16.5. The van der Waals surface area contributed by atoms with E-state index in [1.165, 1.54) is 0 Å². The van der Waals surface area contributed by atoms with Gasteiger partial charge in [-0.1, -0.05) is 6.92 Å². The Balaban J connectivity index is 3.37. The molecule has 0 aromatic heterocycles. The summed E-state index contributed by atoms with van der Waals surface area (Å²) in [6.45, 7) is 7.17. The van der Waals surface area contributed by atoms with Crippen molar-refractivity contribution in [3.05, 3.63) is 0 Å². The lowest BCUT2D eigenvalue weighted by molar-refractivity contribution is 0.00676. The molecule has 0 aliphatic heterocycles. The average molecular weight is 114 g/mol. The van der Waals surface area contributed by atoms with Crippen LogP contribution in [0.1, 0.15) is 27.2 Å². The molecule has 0 saturated heterocycles. The fourth-order valence-corrected chi connectivity index (χ4v) is 0.493. The number of hydrogen-bond donors (Lipinski definition) is 0. The molecule has 0 unspecified atom stereocenters. The van der Waals surface area contributed by atoms with Crippen LogP contribution < -0.4 is 0 Å². The van der Waals surface area contributed by atoms with Crippen molar-refractivity contribution in [2.45, 2.75) is 32.8 Å². The molecule has 0 N–H and O–H groups in total. The van der Waals surface area contributed by atoms with E-state index in [0.29, 0.717) is 0 Å². The summed E-state index contributed by atoms with van der Waals surface area (Å²) in [5, 5.41) is 0. The minimum atomic E-state index is 0.0920. The largest absolute Gasteiger partial charge is 0.385 e. The van der Waals surface area contributed by atoms with Crippen LogP contribution in [0.4, 0.5) is 0 Å². The fourth-order valence-electron chi connectivity index (χ4n) is 0.493. The van der Waals surface area contributed by atoms with Gasteiger partial charge in [0.2, 0.25) is 0 Å². The molecule has 0 rings (SSSR count). The second-order valence-corrected chi connectivity index (χ2v) is 2.55. The number of hydrogen-bond acceptors (Lipinski definition) is 1. The summed E-state index contributed by atoms with van der Waals surface area (Å²) in [5.41, 5.74) is 0.0920. The summed E-state index contributed by atoms with van der Waals surface area (Å²) in [6.07, 6.45) is 1.08. The Labute approximate surface area is 52.8 Å². The summed E-state index contributed by atoms with van der Waals surface area (Å²) < 4.78 is 5.38. The third-order valence-corrected chi connectivity index (χ3v) is 1.39. The van der Waals surface area contributed by atoms with Crippen LogP contribution >= 0.6 is 0 Å². The lowest BCUT2D eigenvalue weighted by Gasteiger charge is -2.22. The fraction of sp³-hybridized carbons (Fsp3) is 1.00. The van der Waals surface area contributed by atoms with Crippen LogP contribution in [-0.2, 0) is 4.74 Å². The summed E-state index contributed by atoms with van der Waals surface area (Å²) in [5.74, 6) is 0. The van der Waals surface area contributed by atoms with Gasteiger partial charge in [0.05, 0.1) is 5.60 Å². The van der Waals surface area contributed by atoms with Crippen molar-refractivity contribution in [3.63, 3.8) is 0 Å². The standard InChI is InChI=1S/C6H15BO/c1-4-6(2,3)8-5-7/h4-5,7H2,1-3H3. The zero-order valence-corrected chi connectivity index (χ0v) is 6.32. The highest BCUT2D eigenvalue weighted by molar-refractivity contribution is 6.08. The Hall–Kier alpha value is 0.0249. The molecule has 0 spiro atoms. The predicted molar refractivity (Wildman–Crippen MR) is 38.9 cm³/mol. The van der Waals surface area contributed by atoms with Gasteiger partial charge in [-0.3, -0.25) is 0 Å². The Morgan fingerprint density at radius 3 is 2.12 bits per heavy atom. The molecule has 0 atom stereocenters. The van der Waals surface area contributed by atoms with E-state index in [1.54, 1.807) is 0 Å². The lowest BCUT2D eigenvalue weighted by Crippen LogP contribution is -2.23. The monoisotopic (exact) mass is 114 g/mol. The molecule has 0 aromatic carbocycles. The van der Waals surface area contributed by atoms with Gasteiger partial charge in [0, 0.05) is 6.51 Å². The Bertz CT molecular complexity index is 61.5. The lowest BCUT2D eigenvalue weighted by atomic mass is 10.1. The van der Waals surface area contributed by atoms with Crippen LogP contribution in [0.3, 0.4) is 0 Å². The van der Waals surface area contributed by atoms with Crippen molar-refractivity contribution >= 4 is 7.85 Å². The molecule has 0 heterocycles. The minimum Gasteiger partial charge on any atom is -0.385 e. The number of rotatable bonds is 3. The molecule has 0 aliphatic carbocycles. The molecule has 48 valence electrons. The van der Waals surface area contributed by atoms with E-state index in [1.807, 2.05) is 7.85 Å². The molecular weight excluding hydrogens is 98.9 g/mol. The maximum absolute atomic E-state index is 5.38. The molecule has 0 aromatic rings. The van der Waals surface area contributed by atoms with Gasteiger partial charge in [-0.25, -0.2) is 0 Å². The van der Waals surface area contributed by atoms with E-state index in [0.717, 1.165) is 12.9 Å². The Morgan fingerprint density at radius 2 is 2.00 bits per heavy atom. The van der Waals surface area contributed by atoms with E-state index in [4.69, 9.17) is 4.74 Å². The van der Waals surface area contributed by atoms with Crippen LogP contribution in [0, 0.1) is 0 Å². The molecule has 2 heteroatoms. The van der Waals surface area contributed by atoms with Crippen LogP contribution in [-0.4, -0.2) is 20.0 Å². The number of ether oxygens (including phenoxy) is 1. The van der Waals surface area contributed by atoms with Crippen molar-refractivity contribution in [2.24, 2.45) is 0 Å². The van der Waals surface area contributed by atoms with Crippen molar-refractivity contribution in [1.82, 2.24) is 0 Å². The molecule has 0 amide bonds. The Morgan fingerprint density at radius 1 is 1.50 bits per heavy atom. The third-order valence-electron chi connectivity index (χ3n) is 1.39. The summed E-state index contributed by atoms with van der Waals surface area (Å²) in [6, 6.07) is 0. The van der Waals surface area contributed by atoms with Gasteiger partial charge in [-0.2, -0.15) is 0 Å². The summed E-state index contributed by atoms with van der Waals surface area (Å²) in [4.78, 5) is 0. The molecule has 8 heavy (non-hydrogen) atoms. The van der Waals surface area contributed by atoms with Gasteiger partial charge >= 0.3 is 0 Å². The molecule has 1 nitrogen and oxygen atoms in total. The first-order chi connectivity index (χ1) is 3.62. The topological polar surface area (TPSA) is 9.23 Å². The van der Waals surface area contributed by atoms with Crippen molar-refractivity contribution in [1.29, 1.82) is 0 Å². The van der Waals surface area contributed by atoms with E-state index in [-0.39, 0.29) is 5.60 Å². The smallest absolute Gasteiger partial charge is 0.135 e. The van der Waals surface area contributed by atoms with E-state index < -0.39 is 0 Å². The highest BCUT2D eigenvalue weighted by Crippen LogP contribution is 2.11. The third kappa shape index (κ3) is 3.08. The van der Waals surface area contributed by atoms with Gasteiger partial charge in [0.15, 0.2) is 0 Å². The van der Waals surface area contributed by atoms with Crippen molar-refractivity contribution in [3.8, 4) is 0 Å². The zero-order chi connectivity index (χ0) is 6.62. The minimum absolute atomic E-state index is 0.0920. The van der Waals surface area contributed by atoms with E-state index in [9.17, 15) is 0 Å².